The Kier molecular flexibility index (Phi) is 4.22. The fourth-order valence-corrected chi connectivity index (χ4v) is 3.39. The quantitative estimate of drug-likeness (QED) is 0.754. The Bertz CT molecular complexity index is 977. The van der Waals surface area contributed by atoms with Crippen molar-refractivity contribution in [2.75, 3.05) is 18.2 Å². The van der Waals surface area contributed by atoms with Gasteiger partial charge in [0.1, 0.15) is 22.9 Å². The Labute approximate surface area is 141 Å². The fourth-order valence-electron chi connectivity index (χ4n) is 2.38. The number of aryl methyl sites for hydroxylation is 1. The molecular formula is C16H16N4O3S. The molecule has 0 aliphatic rings. The zero-order valence-corrected chi connectivity index (χ0v) is 14.0. The number of anilines is 2. The third-order valence-electron chi connectivity index (χ3n) is 3.46. The minimum absolute atomic E-state index is 0.139. The van der Waals surface area contributed by atoms with E-state index in [2.05, 4.69) is 10.3 Å². The lowest BCUT2D eigenvalue weighted by atomic mass is 10.3. The van der Waals surface area contributed by atoms with Crippen LogP contribution in [0.25, 0.3) is 10.2 Å². The number of rotatable bonds is 4. The van der Waals surface area contributed by atoms with E-state index in [4.69, 9.17) is 10.5 Å². The van der Waals surface area contributed by atoms with Crippen molar-refractivity contribution in [1.29, 1.82) is 0 Å². The van der Waals surface area contributed by atoms with Crippen molar-refractivity contribution < 1.29 is 9.53 Å². The van der Waals surface area contributed by atoms with Gasteiger partial charge in [-0.25, -0.2) is 4.79 Å². The Morgan fingerprint density at radius 2 is 2.21 bits per heavy atom. The number of nitrogens with one attached hydrogen (secondary N) is 1. The van der Waals surface area contributed by atoms with Gasteiger partial charge in [0.05, 0.1) is 12.5 Å². The van der Waals surface area contributed by atoms with Crippen molar-refractivity contribution in [3.05, 3.63) is 45.7 Å². The summed E-state index contributed by atoms with van der Waals surface area (Å²) in [6, 6.07) is 8.86. The predicted molar refractivity (Wildman–Crippen MR) is 94.7 cm³/mol. The van der Waals surface area contributed by atoms with E-state index in [0.717, 1.165) is 4.88 Å². The highest BCUT2D eigenvalue weighted by Gasteiger charge is 2.14. The number of thiophene rings is 1. The average molecular weight is 344 g/mol. The molecule has 1 amide bonds. The van der Waals surface area contributed by atoms with E-state index in [9.17, 15) is 9.59 Å². The molecule has 0 spiro atoms. The number of carbonyl (C=O) groups excluding carboxylic acids is 1. The van der Waals surface area contributed by atoms with Gasteiger partial charge < -0.3 is 15.8 Å². The Balaban J connectivity index is 1.89. The summed E-state index contributed by atoms with van der Waals surface area (Å²) >= 11 is 1.40. The molecule has 0 radical (unpaired) electrons. The van der Waals surface area contributed by atoms with Gasteiger partial charge in [-0.15, -0.1) is 11.3 Å². The molecule has 0 aliphatic heterocycles. The van der Waals surface area contributed by atoms with Gasteiger partial charge >= 0.3 is 5.69 Å². The smallest absolute Gasteiger partial charge is 0.351 e. The molecule has 3 rings (SSSR count). The van der Waals surface area contributed by atoms with Crippen molar-refractivity contribution in [2.24, 2.45) is 0 Å². The van der Waals surface area contributed by atoms with Gasteiger partial charge in [0.25, 0.3) is 0 Å². The molecule has 0 atom stereocenters. The number of ether oxygens (including phenoxy) is 1. The van der Waals surface area contributed by atoms with Crippen LogP contribution in [0.4, 0.5) is 11.5 Å². The monoisotopic (exact) mass is 344 g/mol. The zero-order valence-electron chi connectivity index (χ0n) is 13.2. The number of fused-ring (bicyclic) bond motifs is 1. The second-order valence-corrected chi connectivity index (χ2v) is 6.46. The lowest BCUT2D eigenvalue weighted by Crippen LogP contribution is -2.29. The fraction of sp³-hybridized carbons (Fsp3) is 0.188. The highest BCUT2D eigenvalue weighted by Crippen LogP contribution is 2.26. The van der Waals surface area contributed by atoms with Crippen molar-refractivity contribution in [3.8, 4) is 5.75 Å². The van der Waals surface area contributed by atoms with Crippen LogP contribution in [0.1, 0.15) is 4.88 Å². The third-order valence-corrected chi connectivity index (χ3v) is 4.53. The van der Waals surface area contributed by atoms with Gasteiger partial charge in [0, 0.05) is 16.6 Å². The van der Waals surface area contributed by atoms with Crippen LogP contribution in [-0.2, 0) is 11.3 Å². The van der Waals surface area contributed by atoms with E-state index >= 15 is 0 Å². The molecule has 3 N–H and O–H groups in total. The number of amides is 1. The zero-order chi connectivity index (χ0) is 17.3. The topological polar surface area (TPSA) is 99.2 Å². The van der Waals surface area contributed by atoms with Crippen LogP contribution >= 0.6 is 11.3 Å². The maximum Gasteiger partial charge on any atom is 0.351 e. The van der Waals surface area contributed by atoms with Gasteiger partial charge in [0.15, 0.2) is 0 Å². The molecular weight excluding hydrogens is 328 g/mol. The molecule has 2 heterocycles. The summed E-state index contributed by atoms with van der Waals surface area (Å²) in [4.78, 5) is 29.9. The largest absolute Gasteiger partial charge is 0.497 e. The molecule has 0 saturated carbocycles. The molecule has 24 heavy (non-hydrogen) atoms. The molecule has 0 aliphatic carbocycles. The standard InChI is InChI=1S/C16H16N4O3S/c1-9-6-12-14(17)19-16(22)20(15(12)24-9)8-13(21)18-10-4-3-5-11(7-10)23-2/h3-7H,8H2,1-2H3,(H,18,21)(H2,17,19,22). The van der Waals surface area contributed by atoms with Crippen LogP contribution in [0.5, 0.6) is 5.75 Å². The second kappa shape index (κ2) is 6.32. The van der Waals surface area contributed by atoms with Crippen LogP contribution in [-0.4, -0.2) is 22.6 Å². The van der Waals surface area contributed by atoms with E-state index < -0.39 is 5.69 Å². The molecule has 0 fully saturated rings. The normalized spacial score (nSPS) is 10.8. The van der Waals surface area contributed by atoms with Crippen molar-refractivity contribution >= 4 is 39.0 Å². The number of nitrogen functional groups attached to an aromatic ring is 1. The number of methoxy groups -OCH3 is 1. The van der Waals surface area contributed by atoms with Crippen LogP contribution < -0.4 is 21.5 Å². The lowest BCUT2D eigenvalue weighted by Gasteiger charge is -2.09. The molecule has 0 unspecified atom stereocenters. The first-order valence-corrected chi connectivity index (χ1v) is 8.00. The highest BCUT2D eigenvalue weighted by molar-refractivity contribution is 7.18. The highest BCUT2D eigenvalue weighted by atomic mass is 32.1. The van der Waals surface area contributed by atoms with Crippen LogP contribution in [0.2, 0.25) is 0 Å². The van der Waals surface area contributed by atoms with Crippen LogP contribution in [0.3, 0.4) is 0 Å². The Morgan fingerprint density at radius 1 is 1.42 bits per heavy atom. The number of aromatic nitrogens is 2. The number of nitrogens with two attached hydrogens (primary N) is 1. The van der Waals surface area contributed by atoms with E-state index in [-0.39, 0.29) is 18.3 Å². The van der Waals surface area contributed by atoms with Crippen LogP contribution in [0, 0.1) is 6.92 Å². The van der Waals surface area contributed by atoms with Gasteiger partial charge in [-0.2, -0.15) is 4.98 Å². The molecule has 7 nitrogen and oxygen atoms in total. The summed E-state index contributed by atoms with van der Waals surface area (Å²) < 4.78 is 6.45. The summed E-state index contributed by atoms with van der Waals surface area (Å²) in [6.45, 7) is 1.77. The lowest BCUT2D eigenvalue weighted by molar-refractivity contribution is -0.116. The number of nitrogens with zero attached hydrogens (tertiary/aromatic N) is 2. The Morgan fingerprint density at radius 3 is 2.96 bits per heavy atom. The molecule has 0 saturated heterocycles. The van der Waals surface area contributed by atoms with Gasteiger partial charge in [-0.05, 0) is 25.1 Å². The molecule has 2 aromatic heterocycles. The summed E-state index contributed by atoms with van der Waals surface area (Å²) in [5, 5.41) is 3.43. The molecule has 3 aromatic rings. The second-order valence-electron chi connectivity index (χ2n) is 5.22. The van der Waals surface area contributed by atoms with Crippen molar-refractivity contribution in [2.45, 2.75) is 13.5 Å². The van der Waals surface area contributed by atoms with Gasteiger partial charge in [0.2, 0.25) is 5.91 Å². The van der Waals surface area contributed by atoms with E-state index in [1.54, 1.807) is 31.4 Å². The van der Waals surface area contributed by atoms with Gasteiger partial charge in [-0.1, -0.05) is 6.07 Å². The number of carbonyl (C=O) groups is 1. The van der Waals surface area contributed by atoms with Crippen molar-refractivity contribution in [3.63, 3.8) is 0 Å². The first kappa shape index (κ1) is 16.0. The summed E-state index contributed by atoms with van der Waals surface area (Å²) in [5.74, 6) is 0.489. The third kappa shape index (κ3) is 3.09. The first-order valence-electron chi connectivity index (χ1n) is 7.18. The number of benzene rings is 1. The summed E-state index contributed by atoms with van der Waals surface area (Å²) in [6.07, 6.45) is 0. The molecule has 8 heteroatoms. The SMILES string of the molecule is COc1cccc(NC(=O)Cn2c(=O)nc(N)c3cc(C)sc32)c1. The summed E-state index contributed by atoms with van der Waals surface area (Å²) in [5.41, 5.74) is 5.85. The number of hydrogen-bond donors (Lipinski definition) is 2. The maximum absolute atomic E-state index is 12.3. The average Bonchev–Trinajstić information content (AvgIpc) is 2.94. The molecule has 0 bridgehead atoms. The van der Waals surface area contributed by atoms with E-state index in [1.807, 2.05) is 13.0 Å². The minimum atomic E-state index is -0.539. The number of hydrogen-bond acceptors (Lipinski definition) is 6. The van der Waals surface area contributed by atoms with E-state index in [0.29, 0.717) is 21.7 Å². The minimum Gasteiger partial charge on any atom is -0.497 e. The van der Waals surface area contributed by atoms with E-state index in [1.165, 1.54) is 15.9 Å². The van der Waals surface area contributed by atoms with Crippen LogP contribution in [0.15, 0.2) is 35.1 Å². The summed E-state index contributed by atoms with van der Waals surface area (Å²) in [7, 11) is 1.55. The Hall–Kier alpha value is -2.87. The predicted octanol–water partition coefficient (Wildman–Crippen LogP) is 2.00. The first-order chi connectivity index (χ1) is 11.5. The van der Waals surface area contributed by atoms with Crippen molar-refractivity contribution in [1.82, 2.24) is 9.55 Å². The molecule has 124 valence electrons. The maximum atomic E-state index is 12.3. The van der Waals surface area contributed by atoms with Gasteiger partial charge in [-0.3, -0.25) is 9.36 Å². The molecule has 1 aromatic carbocycles.